The van der Waals surface area contributed by atoms with Gasteiger partial charge in [0.15, 0.2) is 17.0 Å². The smallest absolute Gasteiger partial charge is 0.226 e. The summed E-state index contributed by atoms with van der Waals surface area (Å²) >= 11 is 6.43. The molecule has 10 nitrogen and oxygen atoms in total. The van der Waals surface area contributed by atoms with Gasteiger partial charge in [0.1, 0.15) is 12.1 Å². The first-order valence-corrected chi connectivity index (χ1v) is 12.7. The monoisotopic (exact) mass is 476 g/mol. The Balaban J connectivity index is 1.30. The van der Waals surface area contributed by atoms with Crippen LogP contribution in [-0.4, -0.2) is 108 Å². The lowest BCUT2D eigenvalue weighted by atomic mass is 10.1. The number of hydrogen-bond acceptors (Lipinski definition) is 9. The Morgan fingerprint density at radius 2 is 1.79 bits per heavy atom. The number of fused-ring (bicyclic) bond motifs is 1. The Kier molecular flexibility index (Phi) is 6.38. The van der Waals surface area contributed by atoms with E-state index in [1.54, 1.807) is 0 Å². The molecule has 4 saturated heterocycles. The molecule has 0 saturated carbocycles. The molecule has 1 atom stereocenters. The van der Waals surface area contributed by atoms with Gasteiger partial charge in [-0.15, -0.1) is 0 Å². The van der Waals surface area contributed by atoms with Crippen molar-refractivity contribution in [3.05, 3.63) is 11.1 Å². The van der Waals surface area contributed by atoms with Crippen molar-refractivity contribution >= 4 is 28.6 Å². The fourth-order valence-corrected chi connectivity index (χ4v) is 5.63. The number of anilines is 1. The van der Waals surface area contributed by atoms with Crippen LogP contribution in [0.2, 0.25) is 5.28 Å². The van der Waals surface area contributed by atoms with E-state index < -0.39 is 0 Å². The Morgan fingerprint density at radius 1 is 0.970 bits per heavy atom. The molecule has 4 aliphatic heterocycles. The van der Waals surface area contributed by atoms with Crippen molar-refractivity contribution < 1.29 is 9.47 Å². The van der Waals surface area contributed by atoms with Crippen LogP contribution in [0.1, 0.15) is 31.3 Å². The van der Waals surface area contributed by atoms with Crippen LogP contribution in [0.3, 0.4) is 0 Å². The molecular formula is C22H33ClN8O2. The summed E-state index contributed by atoms with van der Waals surface area (Å²) in [6.07, 6.45) is 3.17. The van der Waals surface area contributed by atoms with Crippen molar-refractivity contribution in [2.45, 2.75) is 38.1 Å². The molecule has 0 aliphatic carbocycles. The van der Waals surface area contributed by atoms with E-state index >= 15 is 0 Å². The van der Waals surface area contributed by atoms with Gasteiger partial charge in [0.05, 0.1) is 19.8 Å². The summed E-state index contributed by atoms with van der Waals surface area (Å²) in [4.78, 5) is 21.7. The highest BCUT2D eigenvalue weighted by atomic mass is 35.5. The molecule has 0 bridgehead atoms. The minimum Gasteiger partial charge on any atom is -0.378 e. The van der Waals surface area contributed by atoms with Gasteiger partial charge < -0.3 is 19.7 Å². The van der Waals surface area contributed by atoms with Gasteiger partial charge >= 0.3 is 0 Å². The molecule has 0 radical (unpaired) electrons. The first-order chi connectivity index (χ1) is 16.3. The highest BCUT2D eigenvalue weighted by Gasteiger charge is 2.34. The number of nitrogens with zero attached hydrogens (tertiary/aromatic N) is 7. The predicted molar refractivity (Wildman–Crippen MR) is 126 cm³/mol. The van der Waals surface area contributed by atoms with Gasteiger partial charge in [-0.3, -0.25) is 14.4 Å². The Bertz CT molecular complexity index is 963. The zero-order chi connectivity index (χ0) is 22.2. The van der Waals surface area contributed by atoms with Gasteiger partial charge in [-0.05, 0) is 30.9 Å². The molecule has 180 valence electrons. The van der Waals surface area contributed by atoms with Crippen molar-refractivity contribution in [2.75, 3.05) is 77.1 Å². The van der Waals surface area contributed by atoms with E-state index in [0.29, 0.717) is 19.3 Å². The van der Waals surface area contributed by atoms with Gasteiger partial charge in [-0.1, -0.05) is 0 Å². The molecule has 0 spiro atoms. The van der Waals surface area contributed by atoms with Crippen LogP contribution in [0.4, 0.5) is 5.82 Å². The fraction of sp³-hybridized carbons (Fsp3) is 0.773. The second kappa shape index (κ2) is 9.59. The average Bonchev–Trinajstić information content (AvgIpc) is 3.20. The quantitative estimate of drug-likeness (QED) is 0.638. The minimum absolute atomic E-state index is 0.0486. The Labute approximate surface area is 199 Å². The standard InChI is InChI=1S/C22H33ClN8O2/c23-22-26-20(30-8-11-32-12-9-30)19-21(27-22)31(18-3-1-2-10-33-18)17(25-19)15-28-13-16(14-28)29-6-4-24-5-7-29/h16,18,24H,1-15H2. The van der Waals surface area contributed by atoms with E-state index in [1.807, 2.05) is 0 Å². The van der Waals surface area contributed by atoms with E-state index in [-0.39, 0.29) is 11.5 Å². The second-order valence-electron chi connectivity index (χ2n) is 9.44. The summed E-state index contributed by atoms with van der Waals surface area (Å²) in [5.74, 6) is 1.81. The third-order valence-corrected chi connectivity index (χ3v) is 7.46. The summed E-state index contributed by atoms with van der Waals surface area (Å²) in [5, 5.41) is 3.71. The van der Waals surface area contributed by atoms with Crippen LogP contribution in [0.5, 0.6) is 0 Å². The van der Waals surface area contributed by atoms with Crippen LogP contribution in [0.25, 0.3) is 11.2 Å². The second-order valence-corrected chi connectivity index (χ2v) is 9.78. The van der Waals surface area contributed by atoms with Crippen molar-refractivity contribution in [3.63, 3.8) is 0 Å². The van der Waals surface area contributed by atoms with E-state index in [0.717, 1.165) is 108 Å². The Morgan fingerprint density at radius 3 is 2.55 bits per heavy atom. The minimum atomic E-state index is -0.0486. The molecule has 6 rings (SSSR count). The molecule has 33 heavy (non-hydrogen) atoms. The van der Waals surface area contributed by atoms with Crippen molar-refractivity contribution in [2.24, 2.45) is 0 Å². The van der Waals surface area contributed by atoms with Crippen LogP contribution in [0, 0.1) is 0 Å². The molecular weight excluding hydrogens is 444 g/mol. The van der Waals surface area contributed by atoms with Crippen molar-refractivity contribution in [3.8, 4) is 0 Å². The largest absolute Gasteiger partial charge is 0.378 e. The zero-order valence-electron chi connectivity index (χ0n) is 19.1. The van der Waals surface area contributed by atoms with Crippen LogP contribution in [0.15, 0.2) is 0 Å². The molecule has 1 unspecified atom stereocenters. The lowest BCUT2D eigenvalue weighted by Crippen LogP contribution is -2.62. The number of rotatable bonds is 5. The van der Waals surface area contributed by atoms with Crippen LogP contribution in [-0.2, 0) is 16.0 Å². The van der Waals surface area contributed by atoms with Gasteiger partial charge in [-0.2, -0.15) is 9.97 Å². The number of piperazine rings is 1. The number of imidazole rings is 1. The molecule has 2 aromatic rings. The molecule has 0 amide bonds. The molecule has 6 heterocycles. The highest BCUT2D eigenvalue weighted by Crippen LogP contribution is 2.33. The topological polar surface area (TPSA) is 83.8 Å². The van der Waals surface area contributed by atoms with E-state index in [4.69, 9.17) is 26.1 Å². The summed E-state index contributed by atoms with van der Waals surface area (Å²) in [6.45, 7) is 11.1. The summed E-state index contributed by atoms with van der Waals surface area (Å²) in [5.41, 5.74) is 1.61. The lowest BCUT2D eigenvalue weighted by Gasteiger charge is -2.46. The number of morpholine rings is 1. The van der Waals surface area contributed by atoms with Crippen LogP contribution < -0.4 is 10.2 Å². The number of nitrogens with one attached hydrogen (secondary N) is 1. The van der Waals surface area contributed by atoms with Gasteiger partial charge in [-0.25, -0.2) is 4.98 Å². The maximum Gasteiger partial charge on any atom is 0.226 e. The first-order valence-electron chi connectivity index (χ1n) is 12.3. The Hall–Kier alpha value is -1.56. The molecule has 2 aromatic heterocycles. The molecule has 1 N–H and O–H groups in total. The third kappa shape index (κ3) is 4.44. The number of hydrogen-bond donors (Lipinski definition) is 1. The fourth-order valence-electron chi connectivity index (χ4n) is 5.47. The van der Waals surface area contributed by atoms with Crippen molar-refractivity contribution in [1.29, 1.82) is 0 Å². The third-order valence-electron chi connectivity index (χ3n) is 7.29. The predicted octanol–water partition coefficient (Wildman–Crippen LogP) is 1.10. The van der Waals surface area contributed by atoms with E-state index in [1.165, 1.54) is 0 Å². The zero-order valence-corrected chi connectivity index (χ0v) is 19.8. The molecule has 4 fully saturated rings. The maximum absolute atomic E-state index is 6.43. The van der Waals surface area contributed by atoms with Crippen molar-refractivity contribution in [1.82, 2.24) is 34.6 Å². The molecule has 0 aromatic carbocycles. The number of ether oxygens (including phenoxy) is 2. The summed E-state index contributed by atoms with van der Waals surface area (Å²) in [7, 11) is 0. The lowest BCUT2D eigenvalue weighted by molar-refractivity contribution is -0.0347. The number of halogens is 1. The number of aromatic nitrogens is 4. The first kappa shape index (κ1) is 21.9. The summed E-state index contributed by atoms with van der Waals surface area (Å²) < 4.78 is 13.9. The van der Waals surface area contributed by atoms with Gasteiger partial charge in [0.2, 0.25) is 5.28 Å². The van der Waals surface area contributed by atoms with Gasteiger partial charge in [0, 0.05) is 65.0 Å². The van der Waals surface area contributed by atoms with E-state index in [2.05, 4.69) is 34.6 Å². The van der Waals surface area contributed by atoms with Crippen LogP contribution >= 0.6 is 11.6 Å². The molecule has 11 heteroatoms. The maximum atomic E-state index is 6.43. The molecule has 4 aliphatic rings. The summed E-state index contributed by atoms with van der Waals surface area (Å²) in [6, 6.07) is 0.647. The van der Waals surface area contributed by atoms with E-state index in [9.17, 15) is 0 Å². The average molecular weight is 477 g/mol. The normalized spacial score (nSPS) is 26.1. The van der Waals surface area contributed by atoms with Gasteiger partial charge in [0.25, 0.3) is 0 Å². The highest BCUT2D eigenvalue weighted by molar-refractivity contribution is 6.28. The number of likely N-dealkylation sites (tertiary alicyclic amines) is 1. The SMILES string of the molecule is Clc1nc(N2CCOCC2)c2nc(CN3CC(N4CCNCC4)C3)n(C3CCCCO3)c2n1.